The van der Waals surface area contributed by atoms with Gasteiger partial charge in [0.2, 0.25) is 0 Å². The van der Waals surface area contributed by atoms with Crippen LogP contribution in [0.1, 0.15) is 0 Å². The number of hydrogen-bond acceptors (Lipinski definition) is 2. The third-order valence-electron chi connectivity index (χ3n) is 1.66. The highest BCUT2D eigenvalue weighted by atomic mass is 32.2. The lowest BCUT2D eigenvalue weighted by molar-refractivity contribution is 0.603. The van der Waals surface area contributed by atoms with Crippen molar-refractivity contribution in [1.29, 1.82) is 0 Å². The second-order valence-electron chi connectivity index (χ2n) is 2.84. The molecule has 1 aromatic carbocycles. The summed E-state index contributed by atoms with van der Waals surface area (Å²) in [6, 6.07) is 7.58. The highest BCUT2D eigenvalue weighted by Crippen LogP contribution is 2.14. The Hall–Kier alpha value is -0.870. The standard InChI is InChI=1S/C9H14N2OS/c1-10-8-5-4-6-9(7-8)13(12)11(2)3/h4-7,10H,1-3H3. The Bertz CT molecular complexity index is 312. The van der Waals surface area contributed by atoms with Crippen LogP contribution in [-0.2, 0) is 11.0 Å². The van der Waals surface area contributed by atoms with E-state index in [2.05, 4.69) is 5.32 Å². The molecule has 0 aromatic heterocycles. The molecule has 3 nitrogen and oxygen atoms in total. The monoisotopic (exact) mass is 198 g/mol. The minimum atomic E-state index is -1.05. The van der Waals surface area contributed by atoms with E-state index in [9.17, 15) is 4.21 Å². The van der Waals surface area contributed by atoms with Crippen LogP contribution in [0.15, 0.2) is 29.2 Å². The van der Waals surface area contributed by atoms with Crippen LogP contribution in [-0.4, -0.2) is 29.7 Å². The number of hydrogen-bond donors (Lipinski definition) is 1. The summed E-state index contributed by atoms with van der Waals surface area (Å²) < 4.78 is 13.3. The first-order valence-electron chi connectivity index (χ1n) is 4.02. The van der Waals surface area contributed by atoms with E-state index in [0.29, 0.717) is 0 Å². The van der Waals surface area contributed by atoms with Gasteiger partial charge in [0, 0.05) is 12.7 Å². The van der Waals surface area contributed by atoms with Crippen LogP contribution in [0.2, 0.25) is 0 Å². The molecule has 0 saturated carbocycles. The maximum atomic E-state index is 11.6. The largest absolute Gasteiger partial charge is 0.388 e. The first kappa shape index (κ1) is 10.2. The van der Waals surface area contributed by atoms with Crippen LogP contribution in [0.3, 0.4) is 0 Å². The van der Waals surface area contributed by atoms with Crippen LogP contribution in [0, 0.1) is 0 Å². The summed E-state index contributed by atoms with van der Waals surface area (Å²) >= 11 is 0. The van der Waals surface area contributed by atoms with Gasteiger partial charge < -0.3 is 5.32 Å². The summed E-state index contributed by atoms with van der Waals surface area (Å²) in [5.74, 6) is 0. The fraction of sp³-hybridized carbons (Fsp3) is 0.333. The molecule has 1 rings (SSSR count). The second-order valence-corrected chi connectivity index (χ2v) is 4.54. The van der Waals surface area contributed by atoms with Crippen molar-refractivity contribution in [3.63, 3.8) is 0 Å². The van der Waals surface area contributed by atoms with E-state index in [-0.39, 0.29) is 0 Å². The molecule has 0 spiro atoms. The normalized spacial score (nSPS) is 12.9. The smallest absolute Gasteiger partial charge is 0.127 e. The SMILES string of the molecule is CNc1cccc(S(=O)N(C)C)c1. The Morgan fingerprint density at radius 2 is 2.08 bits per heavy atom. The van der Waals surface area contributed by atoms with Gasteiger partial charge in [0.25, 0.3) is 0 Å². The molecule has 0 saturated heterocycles. The van der Waals surface area contributed by atoms with Crippen LogP contribution in [0.25, 0.3) is 0 Å². The topological polar surface area (TPSA) is 32.3 Å². The predicted molar refractivity (Wildman–Crippen MR) is 56.1 cm³/mol. The quantitative estimate of drug-likeness (QED) is 0.794. The zero-order valence-corrected chi connectivity index (χ0v) is 8.89. The van der Waals surface area contributed by atoms with E-state index in [1.165, 1.54) is 0 Å². The molecule has 0 amide bonds. The van der Waals surface area contributed by atoms with Crippen molar-refractivity contribution in [1.82, 2.24) is 4.31 Å². The van der Waals surface area contributed by atoms with E-state index >= 15 is 0 Å². The molecule has 72 valence electrons. The van der Waals surface area contributed by atoms with E-state index in [0.717, 1.165) is 10.6 Å². The molecule has 4 heteroatoms. The Labute approximate surface area is 81.3 Å². The summed E-state index contributed by atoms with van der Waals surface area (Å²) in [7, 11) is 4.38. The van der Waals surface area contributed by atoms with E-state index in [1.807, 2.05) is 31.3 Å². The van der Waals surface area contributed by atoms with E-state index < -0.39 is 11.0 Å². The van der Waals surface area contributed by atoms with Crippen molar-refractivity contribution in [3.8, 4) is 0 Å². The molecule has 13 heavy (non-hydrogen) atoms. The Morgan fingerprint density at radius 1 is 1.38 bits per heavy atom. The van der Waals surface area contributed by atoms with Gasteiger partial charge in [-0.15, -0.1) is 0 Å². The highest BCUT2D eigenvalue weighted by molar-refractivity contribution is 7.82. The molecule has 0 aliphatic rings. The summed E-state index contributed by atoms with van der Waals surface area (Å²) in [6.07, 6.45) is 0. The minimum Gasteiger partial charge on any atom is -0.388 e. The summed E-state index contributed by atoms with van der Waals surface area (Å²) in [4.78, 5) is 0.817. The van der Waals surface area contributed by atoms with Crippen molar-refractivity contribution in [3.05, 3.63) is 24.3 Å². The number of benzene rings is 1. The van der Waals surface area contributed by atoms with E-state index in [1.54, 1.807) is 18.4 Å². The van der Waals surface area contributed by atoms with Gasteiger partial charge in [-0.25, -0.2) is 8.51 Å². The van der Waals surface area contributed by atoms with Gasteiger partial charge in [-0.05, 0) is 32.3 Å². The molecular weight excluding hydrogens is 184 g/mol. The predicted octanol–water partition coefficient (Wildman–Crippen LogP) is 1.31. The lowest BCUT2D eigenvalue weighted by Gasteiger charge is -2.09. The highest BCUT2D eigenvalue weighted by Gasteiger charge is 2.05. The first-order chi connectivity index (χ1) is 6.15. The lowest BCUT2D eigenvalue weighted by atomic mass is 10.3. The van der Waals surface area contributed by atoms with Crippen LogP contribution in [0.4, 0.5) is 5.69 Å². The molecule has 0 heterocycles. The van der Waals surface area contributed by atoms with Crippen LogP contribution in [0.5, 0.6) is 0 Å². The fourth-order valence-electron chi connectivity index (χ4n) is 0.971. The lowest BCUT2D eigenvalue weighted by Crippen LogP contribution is -2.15. The minimum absolute atomic E-state index is 0.817. The number of nitrogens with one attached hydrogen (secondary N) is 1. The Balaban J connectivity index is 2.95. The molecule has 1 N–H and O–H groups in total. The van der Waals surface area contributed by atoms with Gasteiger partial charge in [0.05, 0.1) is 4.90 Å². The molecule has 0 bridgehead atoms. The number of rotatable bonds is 3. The summed E-state index contributed by atoms with van der Waals surface area (Å²) in [5.41, 5.74) is 0.979. The van der Waals surface area contributed by atoms with Crippen LogP contribution >= 0.6 is 0 Å². The molecule has 0 radical (unpaired) electrons. The number of anilines is 1. The molecule has 1 aromatic rings. The maximum Gasteiger partial charge on any atom is 0.127 e. The molecule has 0 aliphatic heterocycles. The first-order valence-corrected chi connectivity index (χ1v) is 5.13. The molecule has 0 fully saturated rings. The zero-order chi connectivity index (χ0) is 9.84. The second kappa shape index (κ2) is 4.39. The average molecular weight is 198 g/mol. The average Bonchev–Trinajstić information content (AvgIpc) is 2.16. The fourth-order valence-corrected chi connectivity index (χ4v) is 1.82. The molecule has 0 aliphatic carbocycles. The Morgan fingerprint density at radius 3 is 2.62 bits per heavy atom. The zero-order valence-electron chi connectivity index (χ0n) is 8.07. The van der Waals surface area contributed by atoms with Crippen LogP contribution < -0.4 is 5.32 Å². The van der Waals surface area contributed by atoms with Crippen molar-refractivity contribution in [2.75, 3.05) is 26.5 Å². The van der Waals surface area contributed by atoms with Crippen molar-refractivity contribution in [2.45, 2.75) is 4.90 Å². The third-order valence-corrected chi connectivity index (χ3v) is 2.98. The Kier molecular flexibility index (Phi) is 3.45. The summed E-state index contributed by atoms with van der Waals surface area (Å²) in [5, 5.41) is 3.01. The van der Waals surface area contributed by atoms with Gasteiger partial charge in [0.15, 0.2) is 0 Å². The summed E-state index contributed by atoms with van der Waals surface area (Å²) in [6.45, 7) is 0. The van der Waals surface area contributed by atoms with Gasteiger partial charge in [-0.2, -0.15) is 0 Å². The molecule has 1 atom stereocenters. The molecule has 1 unspecified atom stereocenters. The number of nitrogens with zero attached hydrogens (tertiary/aromatic N) is 1. The van der Waals surface area contributed by atoms with Crippen molar-refractivity contribution >= 4 is 16.7 Å². The van der Waals surface area contributed by atoms with Crippen molar-refractivity contribution in [2.24, 2.45) is 0 Å². The van der Waals surface area contributed by atoms with Crippen molar-refractivity contribution < 1.29 is 4.21 Å². The maximum absolute atomic E-state index is 11.6. The van der Waals surface area contributed by atoms with Gasteiger partial charge >= 0.3 is 0 Å². The third kappa shape index (κ3) is 2.54. The van der Waals surface area contributed by atoms with E-state index in [4.69, 9.17) is 0 Å². The van der Waals surface area contributed by atoms with Gasteiger partial charge in [-0.1, -0.05) is 6.07 Å². The molecular formula is C9H14N2OS. The van der Waals surface area contributed by atoms with Gasteiger partial charge in [-0.3, -0.25) is 0 Å². The van der Waals surface area contributed by atoms with Gasteiger partial charge in [0.1, 0.15) is 11.0 Å².